The van der Waals surface area contributed by atoms with Crippen LogP contribution in [0.3, 0.4) is 0 Å². The monoisotopic (exact) mass is 208 g/mol. The number of hydrogen-bond donors (Lipinski definition) is 2. The average molecular weight is 208 g/mol. The molecule has 15 heavy (non-hydrogen) atoms. The first-order valence-corrected chi connectivity index (χ1v) is 5.03. The van der Waals surface area contributed by atoms with Gasteiger partial charge in [0.1, 0.15) is 0 Å². The maximum absolute atomic E-state index is 9.58. The first-order valence-electron chi connectivity index (χ1n) is 5.03. The summed E-state index contributed by atoms with van der Waals surface area (Å²) in [7, 11) is 1.54. The van der Waals surface area contributed by atoms with Gasteiger partial charge in [-0.2, -0.15) is 0 Å². The zero-order valence-corrected chi connectivity index (χ0v) is 8.81. The molecule has 1 saturated heterocycles. The molecule has 1 heterocycles. The highest BCUT2D eigenvalue weighted by Gasteiger charge is 2.22. The molecule has 1 fully saturated rings. The highest BCUT2D eigenvalue weighted by atomic mass is 16.5. The van der Waals surface area contributed by atoms with E-state index in [9.17, 15) is 5.11 Å². The smallest absolute Gasteiger partial charge is 0.160 e. The van der Waals surface area contributed by atoms with Crippen LogP contribution in [0.4, 0.5) is 0 Å². The van der Waals surface area contributed by atoms with Gasteiger partial charge in [0.25, 0.3) is 0 Å². The summed E-state index contributed by atoms with van der Waals surface area (Å²) in [5.41, 5.74) is 6.77. The Morgan fingerprint density at radius 3 is 2.80 bits per heavy atom. The topological polar surface area (TPSA) is 58.7 Å². The molecular formula is C11H16N2O2. The first-order chi connectivity index (χ1) is 7.19. The molecule has 1 aromatic carbocycles. The van der Waals surface area contributed by atoms with E-state index in [1.807, 2.05) is 6.07 Å². The molecule has 1 aliphatic rings. The van der Waals surface area contributed by atoms with Gasteiger partial charge in [-0.25, -0.2) is 0 Å². The van der Waals surface area contributed by atoms with Crippen molar-refractivity contribution in [3.63, 3.8) is 0 Å². The fraction of sp³-hybridized carbons (Fsp3) is 0.455. The van der Waals surface area contributed by atoms with Crippen LogP contribution in [0.2, 0.25) is 0 Å². The van der Waals surface area contributed by atoms with Crippen LogP contribution in [0.5, 0.6) is 11.5 Å². The number of nitrogens with zero attached hydrogens (tertiary/aromatic N) is 1. The van der Waals surface area contributed by atoms with Gasteiger partial charge in [-0.15, -0.1) is 0 Å². The Bertz CT molecular complexity index is 348. The Kier molecular flexibility index (Phi) is 2.79. The van der Waals surface area contributed by atoms with Crippen LogP contribution in [0.15, 0.2) is 18.2 Å². The second kappa shape index (κ2) is 4.08. The minimum absolute atomic E-state index is 0.194. The average Bonchev–Trinajstić information content (AvgIpc) is 2.16. The number of aromatic hydroxyl groups is 1. The molecule has 0 aromatic heterocycles. The quantitative estimate of drug-likeness (QED) is 0.761. The van der Waals surface area contributed by atoms with E-state index < -0.39 is 0 Å². The Labute approximate surface area is 89.3 Å². The minimum atomic E-state index is 0.194. The highest BCUT2D eigenvalue weighted by Crippen LogP contribution is 2.27. The van der Waals surface area contributed by atoms with Gasteiger partial charge in [0.2, 0.25) is 0 Å². The number of phenolic OH excluding ortho intramolecular Hbond substituents is 1. The Morgan fingerprint density at radius 2 is 2.27 bits per heavy atom. The maximum atomic E-state index is 9.58. The van der Waals surface area contributed by atoms with Crippen molar-refractivity contribution >= 4 is 0 Å². The summed E-state index contributed by atoms with van der Waals surface area (Å²) in [6.45, 7) is 2.71. The molecule has 0 saturated carbocycles. The lowest BCUT2D eigenvalue weighted by molar-refractivity contribution is 0.142. The molecule has 1 aromatic rings. The molecule has 4 heteroatoms. The minimum Gasteiger partial charge on any atom is -0.504 e. The Balaban J connectivity index is 2.00. The third-order valence-corrected chi connectivity index (χ3v) is 2.63. The maximum Gasteiger partial charge on any atom is 0.160 e. The molecule has 0 aliphatic carbocycles. The molecule has 2 rings (SSSR count). The van der Waals surface area contributed by atoms with E-state index in [2.05, 4.69) is 4.90 Å². The van der Waals surface area contributed by atoms with Gasteiger partial charge in [-0.1, -0.05) is 6.07 Å². The van der Waals surface area contributed by atoms with Crippen LogP contribution in [0, 0.1) is 0 Å². The van der Waals surface area contributed by atoms with Crippen LogP contribution < -0.4 is 10.5 Å². The predicted molar refractivity (Wildman–Crippen MR) is 57.9 cm³/mol. The van der Waals surface area contributed by atoms with Gasteiger partial charge in [-0.05, 0) is 17.7 Å². The van der Waals surface area contributed by atoms with Crippen LogP contribution in [-0.4, -0.2) is 36.2 Å². The van der Waals surface area contributed by atoms with E-state index >= 15 is 0 Å². The van der Waals surface area contributed by atoms with E-state index in [0.717, 1.165) is 25.2 Å². The van der Waals surface area contributed by atoms with Crippen molar-refractivity contribution in [1.82, 2.24) is 4.90 Å². The van der Waals surface area contributed by atoms with E-state index in [1.54, 1.807) is 19.2 Å². The largest absolute Gasteiger partial charge is 0.504 e. The van der Waals surface area contributed by atoms with Crippen molar-refractivity contribution in [3.05, 3.63) is 23.8 Å². The summed E-state index contributed by atoms with van der Waals surface area (Å²) in [4.78, 5) is 2.24. The lowest BCUT2D eigenvalue weighted by Gasteiger charge is -2.36. The van der Waals surface area contributed by atoms with Crippen molar-refractivity contribution in [2.75, 3.05) is 20.2 Å². The number of likely N-dealkylation sites (tertiary alicyclic amines) is 1. The van der Waals surface area contributed by atoms with Gasteiger partial charge in [0.15, 0.2) is 11.5 Å². The number of nitrogens with two attached hydrogens (primary N) is 1. The van der Waals surface area contributed by atoms with Gasteiger partial charge in [0.05, 0.1) is 7.11 Å². The summed E-state index contributed by atoms with van der Waals surface area (Å²) < 4.78 is 4.98. The van der Waals surface area contributed by atoms with Crippen LogP contribution in [-0.2, 0) is 6.54 Å². The van der Waals surface area contributed by atoms with Gasteiger partial charge >= 0.3 is 0 Å². The third-order valence-electron chi connectivity index (χ3n) is 2.63. The highest BCUT2D eigenvalue weighted by molar-refractivity contribution is 5.41. The number of methoxy groups -OCH3 is 1. The normalized spacial score (nSPS) is 17.5. The number of benzene rings is 1. The molecule has 3 N–H and O–H groups in total. The standard InChI is InChI=1S/C11H16N2O2/c1-15-11-3-2-8(4-10(11)14)5-13-6-9(12)7-13/h2-4,9,14H,5-7,12H2,1H3. The molecule has 0 amide bonds. The summed E-state index contributed by atoms with van der Waals surface area (Å²) in [6.07, 6.45) is 0. The zero-order valence-electron chi connectivity index (χ0n) is 8.81. The molecular weight excluding hydrogens is 192 g/mol. The van der Waals surface area contributed by atoms with Crippen molar-refractivity contribution < 1.29 is 9.84 Å². The van der Waals surface area contributed by atoms with Crippen molar-refractivity contribution in [2.24, 2.45) is 5.73 Å². The summed E-state index contributed by atoms with van der Waals surface area (Å²) >= 11 is 0. The second-order valence-electron chi connectivity index (χ2n) is 3.96. The van der Waals surface area contributed by atoms with Gasteiger partial charge in [-0.3, -0.25) is 4.90 Å². The summed E-state index contributed by atoms with van der Waals surface area (Å²) in [5.74, 6) is 0.707. The van der Waals surface area contributed by atoms with E-state index in [0.29, 0.717) is 11.8 Å². The molecule has 82 valence electrons. The molecule has 0 bridgehead atoms. The SMILES string of the molecule is COc1ccc(CN2CC(N)C2)cc1O. The summed E-state index contributed by atoms with van der Waals surface area (Å²) in [5, 5.41) is 9.58. The van der Waals surface area contributed by atoms with Crippen molar-refractivity contribution in [3.8, 4) is 11.5 Å². The Morgan fingerprint density at radius 1 is 1.53 bits per heavy atom. The molecule has 0 radical (unpaired) electrons. The van der Waals surface area contributed by atoms with Gasteiger partial charge < -0.3 is 15.6 Å². The van der Waals surface area contributed by atoms with Gasteiger partial charge in [0, 0.05) is 25.7 Å². The second-order valence-corrected chi connectivity index (χ2v) is 3.96. The fourth-order valence-electron chi connectivity index (χ4n) is 1.83. The van der Waals surface area contributed by atoms with Crippen LogP contribution in [0.1, 0.15) is 5.56 Å². The fourth-order valence-corrected chi connectivity index (χ4v) is 1.83. The van der Waals surface area contributed by atoms with E-state index in [1.165, 1.54) is 0 Å². The molecule has 0 spiro atoms. The number of phenols is 1. The number of hydrogen-bond acceptors (Lipinski definition) is 4. The summed E-state index contributed by atoms with van der Waals surface area (Å²) in [6, 6.07) is 5.80. The Hall–Kier alpha value is -1.26. The predicted octanol–water partition coefficient (Wildman–Crippen LogP) is 0.544. The molecule has 4 nitrogen and oxygen atoms in total. The van der Waals surface area contributed by atoms with Crippen molar-refractivity contribution in [1.29, 1.82) is 0 Å². The lowest BCUT2D eigenvalue weighted by atomic mass is 10.1. The molecule has 1 aliphatic heterocycles. The number of rotatable bonds is 3. The molecule has 0 unspecified atom stereocenters. The van der Waals surface area contributed by atoms with Crippen LogP contribution >= 0.6 is 0 Å². The third kappa shape index (κ3) is 2.22. The lowest BCUT2D eigenvalue weighted by Crippen LogP contribution is -2.54. The van der Waals surface area contributed by atoms with Crippen molar-refractivity contribution in [2.45, 2.75) is 12.6 Å². The van der Waals surface area contributed by atoms with Crippen LogP contribution in [0.25, 0.3) is 0 Å². The zero-order chi connectivity index (χ0) is 10.8. The molecule has 0 atom stereocenters. The van der Waals surface area contributed by atoms with E-state index in [4.69, 9.17) is 10.5 Å². The number of ether oxygens (including phenoxy) is 1. The van der Waals surface area contributed by atoms with E-state index in [-0.39, 0.29) is 5.75 Å². The first kappa shape index (κ1) is 10.3.